The molecule has 4 nitrogen and oxygen atoms in total. The minimum absolute atomic E-state index is 0.207. The van der Waals surface area contributed by atoms with Crippen LogP contribution in [0.3, 0.4) is 0 Å². The first kappa shape index (κ1) is 15.6. The number of hydrogen-bond donors (Lipinski definition) is 2. The van der Waals surface area contributed by atoms with Crippen LogP contribution in [0.2, 0.25) is 0 Å². The molecule has 102 valence electrons. The summed E-state index contributed by atoms with van der Waals surface area (Å²) in [6.45, 7) is 5.28. The topological polar surface area (TPSA) is 66.4 Å². The molecule has 2 N–H and O–H groups in total. The molecular weight excluding hydrogens is 318 g/mol. The van der Waals surface area contributed by atoms with E-state index in [0.717, 1.165) is 10.0 Å². The second-order valence-electron chi connectivity index (χ2n) is 4.28. The fourth-order valence-corrected chi connectivity index (χ4v) is 3.69. The van der Waals surface area contributed by atoms with E-state index >= 15 is 0 Å². The third-order valence-corrected chi connectivity index (χ3v) is 5.30. The number of rotatable bonds is 5. The first-order valence-electron chi connectivity index (χ1n) is 5.71. The average molecular weight is 336 g/mol. The van der Waals surface area contributed by atoms with Crippen LogP contribution in [-0.4, -0.2) is 26.2 Å². The predicted octanol–water partition coefficient (Wildman–Crippen LogP) is 2.12. The van der Waals surface area contributed by atoms with Crippen LogP contribution in [0.15, 0.2) is 21.5 Å². The molecule has 0 amide bonds. The van der Waals surface area contributed by atoms with Gasteiger partial charge in [-0.15, -0.1) is 0 Å². The highest BCUT2D eigenvalue weighted by Gasteiger charge is 2.21. The summed E-state index contributed by atoms with van der Waals surface area (Å²) in [5.74, 6) is 0. The van der Waals surface area contributed by atoms with Gasteiger partial charge in [-0.2, -0.15) is 0 Å². The molecule has 1 rings (SSSR count). The van der Waals surface area contributed by atoms with Crippen LogP contribution < -0.4 is 4.72 Å². The average Bonchev–Trinajstić information content (AvgIpc) is 2.30. The number of aliphatic hydroxyl groups is 1. The van der Waals surface area contributed by atoms with E-state index in [0.29, 0.717) is 12.0 Å². The fourth-order valence-electron chi connectivity index (χ4n) is 1.63. The van der Waals surface area contributed by atoms with Crippen molar-refractivity contribution in [2.75, 3.05) is 6.61 Å². The SMILES string of the molecule is CC[C@@H](CO)NS(=O)(=O)c1cc(Br)c(C)cc1C. The summed E-state index contributed by atoms with van der Waals surface area (Å²) in [4.78, 5) is 0.242. The van der Waals surface area contributed by atoms with Crippen molar-refractivity contribution in [2.24, 2.45) is 0 Å². The second-order valence-corrected chi connectivity index (χ2v) is 6.81. The van der Waals surface area contributed by atoms with Crippen LogP contribution in [0.25, 0.3) is 0 Å². The van der Waals surface area contributed by atoms with Crippen molar-refractivity contribution in [2.45, 2.75) is 38.1 Å². The van der Waals surface area contributed by atoms with Crippen LogP contribution in [0, 0.1) is 13.8 Å². The summed E-state index contributed by atoms with van der Waals surface area (Å²) in [5, 5.41) is 9.07. The fraction of sp³-hybridized carbons (Fsp3) is 0.500. The number of sulfonamides is 1. The van der Waals surface area contributed by atoms with Crippen LogP contribution in [0.5, 0.6) is 0 Å². The van der Waals surface area contributed by atoms with Crippen molar-refractivity contribution in [3.8, 4) is 0 Å². The Morgan fingerprint density at radius 2 is 1.94 bits per heavy atom. The first-order chi connectivity index (χ1) is 8.31. The van der Waals surface area contributed by atoms with E-state index in [2.05, 4.69) is 20.7 Å². The van der Waals surface area contributed by atoms with Crippen molar-refractivity contribution in [1.82, 2.24) is 4.72 Å². The van der Waals surface area contributed by atoms with Gasteiger partial charge in [0.25, 0.3) is 0 Å². The molecule has 18 heavy (non-hydrogen) atoms. The minimum Gasteiger partial charge on any atom is -0.395 e. The first-order valence-corrected chi connectivity index (χ1v) is 7.99. The van der Waals surface area contributed by atoms with E-state index in [1.54, 1.807) is 13.0 Å². The van der Waals surface area contributed by atoms with E-state index in [1.165, 1.54) is 0 Å². The lowest BCUT2D eigenvalue weighted by atomic mass is 10.2. The maximum atomic E-state index is 12.2. The second kappa shape index (κ2) is 6.14. The molecule has 0 fully saturated rings. The smallest absolute Gasteiger partial charge is 0.241 e. The zero-order valence-corrected chi connectivity index (χ0v) is 13.1. The maximum absolute atomic E-state index is 12.2. The molecule has 0 aliphatic heterocycles. The summed E-state index contributed by atoms with van der Waals surface area (Å²) < 4.78 is 27.7. The van der Waals surface area contributed by atoms with Gasteiger partial charge in [0.15, 0.2) is 0 Å². The Morgan fingerprint density at radius 1 is 1.33 bits per heavy atom. The van der Waals surface area contributed by atoms with Gasteiger partial charge in [0.05, 0.1) is 11.5 Å². The van der Waals surface area contributed by atoms with E-state index in [9.17, 15) is 8.42 Å². The lowest BCUT2D eigenvalue weighted by Crippen LogP contribution is -2.37. The molecule has 0 saturated carbocycles. The number of nitrogens with one attached hydrogen (secondary N) is 1. The maximum Gasteiger partial charge on any atom is 0.241 e. The molecule has 0 radical (unpaired) electrons. The normalized spacial score (nSPS) is 13.6. The lowest BCUT2D eigenvalue weighted by Gasteiger charge is -2.16. The molecule has 0 saturated heterocycles. The van der Waals surface area contributed by atoms with E-state index in [4.69, 9.17) is 5.11 Å². The Bertz CT molecular complexity index is 524. The van der Waals surface area contributed by atoms with Crippen molar-refractivity contribution >= 4 is 26.0 Å². The molecular formula is C12H18BrNO3S. The molecule has 1 atom stereocenters. The summed E-state index contributed by atoms with van der Waals surface area (Å²) in [5.41, 5.74) is 1.68. The van der Waals surface area contributed by atoms with E-state index < -0.39 is 16.1 Å². The molecule has 0 unspecified atom stereocenters. The van der Waals surface area contributed by atoms with Crippen molar-refractivity contribution < 1.29 is 13.5 Å². The molecule has 6 heteroatoms. The van der Waals surface area contributed by atoms with Gasteiger partial charge in [0, 0.05) is 10.5 Å². The third-order valence-electron chi connectivity index (χ3n) is 2.78. The number of aryl methyl sites for hydroxylation is 2. The largest absolute Gasteiger partial charge is 0.395 e. The van der Waals surface area contributed by atoms with Crippen LogP contribution in [0.4, 0.5) is 0 Å². The van der Waals surface area contributed by atoms with E-state index in [1.807, 2.05) is 19.9 Å². The zero-order valence-electron chi connectivity index (χ0n) is 10.7. The molecule has 0 heterocycles. The number of halogens is 1. The monoisotopic (exact) mass is 335 g/mol. The third kappa shape index (κ3) is 3.54. The molecule has 1 aromatic carbocycles. The number of aliphatic hydroxyl groups excluding tert-OH is 1. The van der Waals surface area contributed by atoms with Crippen LogP contribution in [0.1, 0.15) is 24.5 Å². The summed E-state index contributed by atoms with van der Waals surface area (Å²) >= 11 is 3.33. The van der Waals surface area contributed by atoms with Gasteiger partial charge in [0.1, 0.15) is 0 Å². The lowest BCUT2D eigenvalue weighted by molar-refractivity contribution is 0.254. The highest BCUT2D eigenvalue weighted by Crippen LogP contribution is 2.24. The summed E-state index contributed by atoms with van der Waals surface area (Å²) in [7, 11) is -3.59. The van der Waals surface area contributed by atoms with E-state index in [-0.39, 0.29) is 11.5 Å². The molecule has 1 aromatic rings. The number of benzene rings is 1. The Balaban J connectivity index is 3.16. The quantitative estimate of drug-likeness (QED) is 0.866. The Kier molecular flexibility index (Phi) is 5.33. The molecule has 0 aromatic heterocycles. The van der Waals surface area contributed by atoms with Gasteiger partial charge in [-0.1, -0.05) is 28.9 Å². The Morgan fingerprint density at radius 3 is 2.44 bits per heavy atom. The number of hydrogen-bond acceptors (Lipinski definition) is 3. The molecule has 0 aliphatic rings. The standard InChI is InChI=1S/C12H18BrNO3S/c1-4-10(7-15)14-18(16,17)12-6-11(13)8(2)5-9(12)3/h5-6,10,14-15H,4,7H2,1-3H3/t10-/m0/s1. The predicted molar refractivity (Wildman–Crippen MR) is 75.1 cm³/mol. The van der Waals surface area contributed by atoms with Crippen LogP contribution in [-0.2, 0) is 10.0 Å². The van der Waals surface area contributed by atoms with Gasteiger partial charge in [0.2, 0.25) is 10.0 Å². The molecule has 0 bridgehead atoms. The minimum atomic E-state index is -3.59. The summed E-state index contributed by atoms with van der Waals surface area (Å²) in [6.07, 6.45) is 0.543. The van der Waals surface area contributed by atoms with Gasteiger partial charge in [-0.05, 0) is 37.5 Å². The van der Waals surface area contributed by atoms with Gasteiger partial charge in [-0.3, -0.25) is 0 Å². The highest BCUT2D eigenvalue weighted by molar-refractivity contribution is 9.10. The highest BCUT2D eigenvalue weighted by atomic mass is 79.9. The van der Waals surface area contributed by atoms with Crippen molar-refractivity contribution in [1.29, 1.82) is 0 Å². The molecule has 0 spiro atoms. The zero-order chi connectivity index (χ0) is 13.9. The Hall–Kier alpha value is -0.430. The molecule has 0 aliphatic carbocycles. The van der Waals surface area contributed by atoms with Gasteiger partial charge < -0.3 is 5.11 Å². The van der Waals surface area contributed by atoms with Crippen molar-refractivity contribution in [3.05, 3.63) is 27.7 Å². The van der Waals surface area contributed by atoms with Crippen molar-refractivity contribution in [3.63, 3.8) is 0 Å². The van der Waals surface area contributed by atoms with Crippen LogP contribution >= 0.6 is 15.9 Å². The summed E-state index contributed by atoms with van der Waals surface area (Å²) in [6, 6.07) is 2.96. The van der Waals surface area contributed by atoms with Gasteiger partial charge in [-0.25, -0.2) is 13.1 Å². The Labute approximate surface area is 117 Å². The van der Waals surface area contributed by atoms with Gasteiger partial charge >= 0.3 is 0 Å².